The van der Waals surface area contributed by atoms with E-state index >= 15 is 0 Å². The Morgan fingerprint density at radius 1 is 1.17 bits per heavy atom. The van der Waals surface area contributed by atoms with Gasteiger partial charge in [0.05, 0.1) is 5.69 Å². The summed E-state index contributed by atoms with van der Waals surface area (Å²) in [5, 5.41) is 4.15. The van der Waals surface area contributed by atoms with Gasteiger partial charge in [0, 0.05) is 29.3 Å². The Balaban J connectivity index is 1.76. The number of aryl methyl sites for hydroxylation is 1. The maximum absolute atomic E-state index is 14.4. The molecule has 0 spiro atoms. The molecular weight excluding hydrogens is 365 g/mol. The van der Waals surface area contributed by atoms with E-state index in [0.29, 0.717) is 11.3 Å². The van der Waals surface area contributed by atoms with E-state index < -0.39 is 0 Å². The number of halogens is 1. The van der Waals surface area contributed by atoms with Crippen molar-refractivity contribution in [3.63, 3.8) is 0 Å². The smallest absolute Gasteiger partial charge is 0.218 e. The van der Waals surface area contributed by atoms with Crippen LogP contribution in [0.15, 0.2) is 46.5 Å². The molecule has 0 saturated heterocycles. The van der Waals surface area contributed by atoms with Crippen molar-refractivity contribution in [3.8, 4) is 11.8 Å². The first-order valence-electron chi connectivity index (χ1n) is 9.55. The van der Waals surface area contributed by atoms with Crippen LogP contribution in [0.5, 0.6) is 0 Å². The van der Waals surface area contributed by atoms with Crippen LogP contribution >= 0.6 is 0 Å². The number of nitrogens with zero attached hydrogens (tertiary/aromatic N) is 4. The Morgan fingerprint density at radius 3 is 2.72 bits per heavy atom. The van der Waals surface area contributed by atoms with Gasteiger partial charge in [-0.2, -0.15) is 5.10 Å². The largest absolute Gasteiger partial charge is 0.329 e. The second-order valence-corrected chi connectivity index (χ2v) is 8.39. The highest BCUT2D eigenvalue weighted by molar-refractivity contribution is 6.15. The molecule has 2 aromatic rings. The van der Waals surface area contributed by atoms with Crippen molar-refractivity contribution in [2.45, 2.75) is 34.0 Å². The Morgan fingerprint density at radius 2 is 1.97 bits per heavy atom. The summed E-state index contributed by atoms with van der Waals surface area (Å²) in [7, 11) is 1.89. The van der Waals surface area contributed by atoms with Crippen molar-refractivity contribution >= 4 is 23.5 Å². The predicted molar refractivity (Wildman–Crippen MR) is 117 cm³/mol. The zero-order chi connectivity index (χ0) is 20.8. The fourth-order valence-corrected chi connectivity index (χ4v) is 3.29. The molecule has 1 unspecified atom stereocenters. The van der Waals surface area contributed by atoms with Crippen LogP contribution in [0.25, 0.3) is 0 Å². The summed E-state index contributed by atoms with van der Waals surface area (Å²) in [5.74, 6) is 6.68. The van der Waals surface area contributed by atoms with Crippen LogP contribution in [-0.4, -0.2) is 25.5 Å². The van der Waals surface area contributed by atoms with E-state index in [1.165, 1.54) is 12.1 Å². The quantitative estimate of drug-likeness (QED) is 0.748. The van der Waals surface area contributed by atoms with Crippen LogP contribution in [0.4, 0.5) is 15.8 Å². The van der Waals surface area contributed by atoms with Crippen LogP contribution < -0.4 is 15.2 Å². The summed E-state index contributed by atoms with van der Waals surface area (Å²) >= 11 is 0. The lowest BCUT2D eigenvalue weighted by molar-refractivity contribution is 0.571. The van der Waals surface area contributed by atoms with Crippen molar-refractivity contribution in [1.29, 1.82) is 0 Å². The minimum Gasteiger partial charge on any atom is -0.329 e. The fraction of sp³-hybridized carbons (Fsp3) is 0.304. The van der Waals surface area contributed by atoms with E-state index in [-0.39, 0.29) is 17.5 Å². The topological polar surface area (TPSA) is 43.2 Å². The van der Waals surface area contributed by atoms with Gasteiger partial charge in [0.1, 0.15) is 18.0 Å². The third kappa shape index (κ3) is 3.81. The monoisotopic (exact) mass is 389 g/mol. The van der Waals surface area contributed by atoms with Crippen molar-refractivity contribution in [2.24, 2.45) is 15.5 Å². The maximum Gasteiger partial charge on any atom is 0.218 e. The van der Waals surface area contributed by atoms with Crippen molar-refractivity contribution in [1.82, 2.24) is 5.43 Å². The highest BCUT2D eigenvalue weighted by Crippen LogP contribution is 2.32. The normalized spacial score (nSPS) is 17.0. The van der Waals surface area contributed by atoms with Gasteiger partial charge < -0.3 is 4.90 Å². The molecule has 1 atom stereocenters. The number of amidine groups is 1. The standard InChI is InChI=1S/C23H24FN5/c1-15-6-7-19-20(10-15)29-14-25-27-22(29)26-21(19)28(5)18-12-16(11-17(24)13-18)8-9-23(2,3)4/h6-7,10-14,22,27H,1-5H3. The predicted octanol–water partition coefficient (Wildman–Crippen LogP) is 4.06. The minimum absolute atomic E-state index is 0.153. The van der Waals surface area contributed by atoms with Gasteiger partial charge in [0.2, 0.25) is 6.29 Å². The van der Waals surface area contributed by atoms with Crippen molar-refractivity contribution < 1.29 is 4.39 Å². The number of fused-ring (bicyclic) bond motifs is 3. The van der Waals surface area contributed by atoms with E-state index in [4.69, 9.17) is 4.99 Å². The summed E-state index contributed by atoms with van der Waals surface area (Å²) < 4.78 is 14.4. The molecule has 5 nitrogen and oxygen atoms in total. The molecule has 6 heteroatoms. The van der Waals surface area contributed by atoms with Crippen molar-refractivity contribution in [3.05, 3.63) is 58.9 Å². The molecular formula is C23H24FN5. The van der Waals surface area contributed by atoms with E-state index in [1.807, 2.05) is 49.8 Å². The van der Waals surface area contributed by atoms with Crippen LogP contribution in [0.3, 0.4) is 0 Å². The lowest BCUT2D eigenvalue weighted by Crippen LogP contribution is -2.43. The highest BCUT2D eigenvalue weighted by Gasteiger charge is 2.31. The van der Waals surface area contributed by atoms with E-state index in [1.54, 1.807) is 6.34 Å². The number of rotatable bonds is 1. The molecule has 0 aromatic heterocycles. The first kappa shape index (κ1) is 19.0. The van der Waals surface area contributed by atoms with E-state index in [2.05, 4.69) is 41.4 Å². The molecule has 0 fully saturated rings. The highest BCUT2D eigenvalue weighted by atomic mass is 19.1. The minimum atomic E-state index is -0.322. The number of anilines is 2. The second-order valence-electron chi connectivity index (χ2n) is 8.39. The Hall–Kier alpha value is -3.33. The molecule has 0 saturated carbocycles. The molecule has 2 aliphatic rings. The SMILES string of the molecule is Cc1ccc2c(c1)N1C=NNC1N=C2N(C)c1cc(F)cc(C#CC(C)(C)C)c1. The number of nitrogens with one attached hydrogen (secondary N) is 1. The second kappa shape index (κ2) is 6.93. The number of hydrazone groups is 1. The molecule has 4 rings (SSSR count). The molecule has 148 valence electrons. The molecule has 0 radical (unpaired) electrons. The third-order valence-electron chi connectivity index (χ3n) is 4.72. The number of aliphatic imine (C=N–C) groups is 1. The zero-order valence-corrected chi connectivity index (χ0v) is 17.3. The van der Waals surface area contributed by atoms with Gasteiger partial charge in [-0.25, -0.2) is 9.38 Å². The average Bonchev–Trinajstić information content (AvgIpc) is 3.13. The summed E-state index contributed by atoms with van der Waals surface area (Å²) in [6.07, 6.45) is 1.43. The molecule has 0 aliphatic carbocycles. The van der Waals surface area contributed by atoms with Crippen LogP contribution in [0, 0.1) is 30.0 Å². The molecule has 2 aliphatic heterocycles. The van der Waals surface area contributed by atoms with Gasteiger partial charge in [-0.1, -0.05) is 17.9 Å². The van der Waals surface area contributed by atoms with Crippen LogP contribution in [-0.2, 0) is 0 Å². The summed E-state index contributed by atoms with van der Waals surface area (Å²) in [6, 6.07) is 11.1. The lowest BCUT2D eigenvalue weighted by atomic mass is 9.97. The van der Waals surface area contributed by atoms with Crippen LogP contribution in [0.2, 0.25) is 0 Å². The van der Waals surface area contributed by atoms with Gasteiger partial charge in [0.25, 0.3) is 0 Å². The van der Waals surface area contributed by atoms with E-state index in [0.717, 1.165) is 22.6 Å². The summed E-state index contributed by atoms with van der Waals surface area (Å²) in [4.78, 5) is 8.70. The van der Waals surface area contributed by atoms with Gasteiger partial charge >= 0.3 is 0 Å². The summed E-state index contributed by atoms with van der Waals surface area (Å²) in [6.45, 7) is 8.15. The fourth-order valence-electron chi connectivity index (χ4n) is 3.29. The number of benzene rings is 2. The molecule has 1 N–H and O–H groups in total. The Labute approximate surface area is 170 Å². The first-order chi connectivity index (χ1) is 13.7. The number of hydrogen-bond donors (Lipinski definition) is 1. The van der Waals surface area contributed by atoms with Gasteiger partial charge in [-0.3, -0.25) is 10.3 Å². The molecule has 2 aromatic carbocycles. The summed E-state index contributed by atoms with van der Waals surface area (Å²) in [5.41, 5.74) is 7.32. The van der Waals surface area contributed by atoms with Gasteiger partial charge in [0.15, 0.2) is 0 Å². The molecule has 2 heterocycles. The first-order valence-corrected chi connectivity index (χ1v) is 9.55. The van der Waals surface area contributed by atoms with Crippen molar-refractivity contribution in [2.75, 3.05) is 16.8 Å². The lowest BCUT2D eigenvalue weighted by Gasteiger charge is -2.33. The zero-order valence-electron chi connectivity index (χ0n) is 17.3. The van der Waals surface area contributed by atoms with Gasteiger partial charge in [-0.15, -0.1) is 0 Å². The number of hydrogen-bond acceptors (Lipinski definition) is 5. The average molecular weight is 389 g/mol. The molecule has 29 heavy (non-hydrogen) atoms. The Kier molecular flexibility index (Phi) is 4.54. The molecule has 0 bridgehead atoms. The maximum atomic E-state index is 14.4. The third-order valence-corrected chi connectivity index (χ3v) is 4.72. The van der Waals surface area contributed by atoms with Crippen LogP contribution in [0.1, 0.15) is 37.5 Å². The Bertz CT molecular complexity index is 1080. The van der Waals surface area contributed by atoms with E-state index in [9.17, 15) is 4.39 Å². The molecule has 0 amide bonds. The van der Waals surface area contributed by atoms with Gasteiger partial charge in [-0.05, 0) is 63.6 Å².